The average Bonchev–Trinajstić information content (AvgIpc) is 2.30. The maximum absolute atomic E-state index is 10.9. The highest BCUT2D eigenvalue weighted by Crippen LogP contribution is 2.34. The summed E-state index contributed by atoms with van der Waals surface area (Å²) in [7, 11) is 0. The van der Waals surface area contributed by atoms with Crippen molar-refractivity contribution in [2.24, 2.45) is 5.73 Å². The van der Waals surface area contributed by atoms with E-state index in [-0.39, 0.29) is 0 Å². The minimum atomic E-state index is -1.01. The van der Waals surface area contributed by atoms with Crippen molar-refractivity contribution in [3.05, 3.63) is 33.8 Å². The predicted octanol–water partition coefficient (Wildman–Crippen LogP) is 3.42. The summed E-state index contributed by atoms with van der Waals surface area (Å²) in [5.74, 6) is -0.447. The molecule has 3 N–H and O–H groups in total. The number of nitrogens with two attached hydrogens (primary N) is 1. The maximum Gasteiger partial charge on any atom is 0.321 e. The Hall–Kier alpha value is -0.420. The number of carboxylic acid groups (broad SMARTS) is 1. The van der Waals surface area contributed by atoms with Crippen molar-refractivity contribution in [2.45, 2.75) is 30.4 Å². The molecule has 0 aliphatic heterocycles. The van der Waals surface area contributed by atoms with Gasteiger partial charge < -0.3 is 10.8 Å². The van der Waals surface area contributed by atoms with Crippen LogP contribution in [0.3, 0.4) is 0 Å². The number of aliphatic carboxylic acids is 1. The summed E-state index contributed by atoms with van der Waals surface area (Å²) in [6.07, 6.45) is 0. The van der Waals surface area contributed by atoms with E-state index >= 15 is 0 Å². The number of carbonyl (C=O) groups is 1. The summed E-state index contributed by atoms with van der Waals surface area (Å²) in [6, 6.07) is 4.46. The van der Waals surface area contributed by atoms with Gasteiger partial charge in [0.25, 0.3) is 0 Å². The second kappa shape index (κ2) is 6.15. The van der Waals surface area contributed by atoms with E-state index in [1.54, 1.807) is 19.9 Å². The summed E-state index contributed by atoms with van der Waals surface area (Å²) in [4.78, 5) is 10.9. The number of rotatable bonds is 5. The Kier molecular flexibility index (Phi) is 5.34. The summed E-state index contributed by atoms with van der Waals surface area (Å²) < 4.78 is -0.586. The Morgan fingerprint density at radius 3 is 2.67 bits per heavy atom. The van der Waals surface area contributed by atoms with E-state index in [4.69, 9.17) is 34.0 Å². The number of halogens is 2. The highest BCUT2D eigenvalue weighted by molar-refractivity contribution is 7.99. The minimum absolute atomic E-state index is 0.495. The number of carboxylic acids is 1. The second-order valence-electron chi connectivity index (χ2n) is 4.42. The first-order valence-electron chi connectivity index (χ1n) is 5.31. The van der Waals surface area contributed by atoms with Gasteiger partial charge in [-0.25, -0.2) is 0 Å². The van der Waals surface area contributed by atoms with E-state index < -0.39 is 16.8 Å². The van der Waals surface area contributed by atoms with Crippen LogP contribution < -0.4 is 5.73 Å². The first-order valence-corrected chi connectivity index (χ1v) is 7.05. The fourth-order valence-corrected chi connectivity index (χ4v) is 2.83. The van der Waals surface area contributed by atoms with Gasteiger partial charge in [0, 0.05) is 10.5 Å². The Labute approximate surface area is 121 Å². The second-order valence-corrected chi connectivity index (χ2v) is 6.84. The normalized spacial score (nSPS) is 13.4. The Bertz CT molecular complexity index is 452. The van der Waals surface area contributed by atoms with Crippen LogP contribution >= 0.6 is 35.0 Å². The van der Waals surface area contributed by atoms with Crippen molar-refractivity contribution in [3.63, 3.8) is 0 Å². The average molecular weight is 308 g/mol. The molecule has 0 aromatic heterocycles. The lowest BCUT2D eigenvalue weighted by Crippen LogP contribution is -2.46. The van der Waals surface area contributed by atoms with Gasteiger partial charge in [0.05, 0.1) is 10.0 Å². The van der Waals surface area contributed by atoms with E-state index in [9.17, 15) is 4.79 Å². The Morgan fingerprint density at radius 1 is 1.50 bits per heavy atom. The van der Waals surface area contributed by atoms with Crippen molar-refractivity contribution in [1.82, 2.24) is 0 Å². The van der Waals surface area contributed by atoms with Crippen molar-refractivity contribution in [3.8, 4) is 0 Å². The third kappa shape index (κ3) is 3.79. The van der Waals surface area contributed by atoms with Crippen molar-refractivity contribution >= 4 is 40.9 Å². The molecule has 0 radical (unpaired) electrons. The van der Waals surface area contributed by atoms with Crippen LogP contribution in [0.4, 0.5) is 0 Å². The van der Waals surface area contributed by atoms with Crippen LogP contribution in [0.2, 0.25) is 10.0 Å². The molecule has 18 heavy (non-hydrogen) atoms. The van der Waals surface area contributed by atoms with E-state index in [0.717, 1.165) is 5.56 Å². The fraction of sp³-hybridized carbons (Fsp3) is 0.417. The smallest absolute Gasteiger partial charge is 0.321 e. The van der Waals surface area contributed by atoms with E-state index in [0.29, 0.717) is 15.8 Å². The van der Waals surface area contributed by atoms with Gasteiger partial charge in [0.2, 0.25) is 0 Å². The quantitative estimate of drug-likeness (QED) is 0.875. The lowest BCUT2D eigenvalue weighted by Gasteiger charge is -2.28. The number of hydrogen-bond donors (Lipinski definition) is 2. The largest absolute Gasteiger partial charge is 0.480 e. The SMILES string of the molecule is CC(C)(SCc1cccc(Cl)c1Cl)[C@H](N)C(=O)O. The molecule has 6 heteroatoms. The minimum Gasteiger partial charge on any atom is -0.480 e. The maximum atomic E-state index is 10.9. The van der Waals surface area contributed by atoms with Crippen LogP contribution in [0.5, 0.6) is 0 Å². The summed E-state index contributed by atoms with van der Waals surface area (Å²) in [6.45, 7) is 3.60. The molecule has 0 bridgehead atoms. The third-order valence-corrected chi connectivity index (χ3v) is 4.96. The van der Waals surface area contributed by atoms with Gasteiger partial charge in [-0.1, -0.05) is 35.3 Å². The molecule has 0 saturated carbocycles. The fourth-order valence-electron chi connectivity index (χ4n) is 1.31. The molecule has 100 valence electrons. The molecular weight excluding hydrogens is 293 g/mol. The first kappa shape index (κ1) is 15.6. The van der Waals surface area contributed by atoms with Gasteiger partial charge in [-0.15, -0.1) is 11.8 Å². The molecule has 0 unspecified atom stereocenters. The van der Waals surface area contributed by atoms with Crippen molar-refractivity contribution in [1.29, 1.82) is 0 Å². The zero-order chi connectivity index (χ0) is 13.9. The molecule has 1 atom stereocenters. The van der Waals surface area contributed by atoms with Crippen LogP contribution in [0, 0.1) is 0 Å². The van der Waals surface area contributed by atoms with Gasteiger partial charge in [0.1, 0.15) is 6.04 Å². The zero-order valence-corrected chi connectivity index (χ0v) is 12.4. The molecular formula is C12H15Cl2NO2S. The topological polar surface area (TPSA) is 63.3 Å². The van der Waals surface area contributed by atoms with Crippen LogP contribution in [-0.4, -0.2) is 21.9 Å². The predicted molar refractivity (Wildman–Crippen MR) is 77.4 cm³/mol. The monoisotopic (exact) mass is 307 g/mol. The summed E-state index contributed by atoms with van der Waals surface area (Å²) >= 11 is 13.4. The Morgan fingerprint density at radius 2 is 2.11 bits per heavy atom. The number of benzene rings is 1. The van der Waals surface area contributed by atoms with Crippen LogP contribution in [-0.2, 0) is 10.5 Å². The van der Waals surface area contributed by atoms with Gasteiger partial charge >= 0.3 is 5.97 Å². The third-order valence-electron chi connectivity index (χ3n) is 2.65. The van der Waals surface area contributed by atoms with Gasteiger partial charge in [-0.2, -0.15) is 0 Å². The van der Waals surface area contributed by atoms with Gasteiger partial charge in [0.15, 0.2) is 0 Å². The molecule has 1 aromatic carbocycles. The molecule has 0 aliphatic rings. The molecule has 0 aliphatic carbocycles. The van der Waals surface area contributed by atoms with Crippen LogP contribution in [0.1, 0.15) is 19.4 Å². The van der Waals surface area contributed by atoms with Crippen molar-refractivity contribution in [2.75, 3.05) is 0 Å². The first-order chi connectivity index (χ1) is 8.25. The highest BCUT2D eigenvalue weighted by Gasteiger charge is 2.32. The molecule has 0 amide bonds. The summed E-state index contributed by atoms with van der Waals surface area (Å²) in [5, 5.41) is 9.93. The molecule has 0 heterocycles. The van der Waals surface area contributed by atoms with E-state index in [1.807, 2.05) is 12.1 Å². The van der Waals surface area contributed by atoms with Crippen LogP contribution in [0.15, 0.2) is 18.2 Å². The van der Waals surface area contributed by atoms with E-state index in [1.165, 1.54) is 11.8 Å². The van der Waals surface area contributed by atoms with Gasteiger partial charge in [-0.05, 0) is 25.5 Å². The molecule has 1 rings (SSSR count). The molecule has 0 saturated heterocycles. The zero-order valence-electron chi connectivity index (χ0n) is 10.1. The van der Waals surface area contributed by atoms with Gasteiger partial charge in [-0.3, -0.25) is 4.79 Å². The molecule has 1 aromatic rings. The van der Waals surface area contributed by atoms with Crippen molar-refractivity contribution < 1.29 is 9.90 Å². The highest BCUT2D eigenvalue weighted by atomic mass is 35.5. The van der Waals surface area contributed by atoms with Crippen LogP contribution in [0.25, 0.3) is 0 Å². The molecule has 0 spiro atoms. The lowest BCUT2D eigenvalue weighted by atomic mass is 10.1. The molecule has 0 fully saturated rings. The number of thioether (sulfide) groups is 1. The summed E-state index contributed by atoms with van der Waals surface area (Å²) in [5.41, 5.74) is 6.52. The standard InChI is InChI=1S/C12H15Cl2NO2S/c1-12(2,10(15)11(16)17)18-6-7-4-3-5-8(13)9(7)14/h3-5,10H,6,15H2,1-2H3,(H,16,17)/t10-/m1/s1. The van der Waals surface area contributed by atoms with E-state index in [2.05, 4.69) is 0 Å². The molecule has 3 nitrogen and oxygen atoms in total. The number of hydrogen-bond acceptors (Lipinski definition) is 3. The lowest BCUT2D eigenvalue weighted by molar-refractivity contribution is -0.139. The Balaban J connectivity index is 2.76.